The smallest absolute Gasteiger partial charge is 0.238 e. The van der Waals surface area contributed by atoms with Crippen LogP contribution in [-0.4, -0.2) is 19.5 Å². The standard InChI is InChI=1S/C49H34N4OS/c1-2-3-12-30-21-26-43-40(27-30)36-25-23-33(29-44(36)54-43)32-22-24-35-34-15-7-9-19-41(34)53(42(35)28-32)49-51-47(31-13-5-4-6-14-31)50-48(52-49)39-18-11-17-38-37-16-8-10-20-45(37)55-46(38)39/h4-11,13-29H,2-3,12H2,1H3. The highest BCUT2D eigenvalue weighted by molar-refractivity contribution is 7.26. The van der Waals surface area contributed by atoms with Gasteiger partial charge in [-0.2, -0.15) is 9.97 Å². The Morgan fingerprint density at radius 2 is 1.27 bits per heavy atom. The summed E-state index contributed by atoms with van der Waals surface area (Å²) in [4.78, 5) is 15.7. The van der Waals surface area contributed by atoms with Crippen molar-refractivity contribution in [3.8, 4) is 39.9 Å². The Labute approximate surface area is 321 Å². The van der Waals surface area contributed by atoms with Crippen molar-refractivity contribution in [1.29, 1.82) is 0 Å². The lowest BCUT2D eigenvalue weighted by Crippen LogP contribution is -2.06. The van der Waals surface area contributed by atoms with Crippen molar-refractivity contribution in [3.63, 3.8) is 0 Å². The molecule has 0 aliphatic heterocycles. The molecule has 0 unspecified atom stereocenters. The van der Waals surface area contributed by atoms with Crippen molar-refractivity contribution >= 4 is 75.3 Å². The van der Waals surface area contributed by atoms with Gasteiger partial charge in [0.2, 0.25) is 5.95 Å². The molecule has 0 saturated carbocycles. The van der Waals surface area contributed by atoms with Gasteiger partial charge in [-0.25, -0.2) is 4.98 Å². The summed E-state index contributed by atoms with van der Waals surface area (Å²) in [6, 6.07) is 53.7. The highest BCUT2D eigenvalue weighted by Crippen LogP contribution is 2.41. The molecule has 55 heavy (non-hydrogen) atoms. The van der Waals surface area contributed by atoms with Crippen LogP contribution in [0.1, 0.15) is 25.3 Å². The van der Waals surface area contributed by atoms with E-state index in [1.807, 2.05) is 18.2 Å². The molecule has 0 saturated heterocycles. The van der Waals surface area contributed by atoms with Crippen LogP contribution in [0.2, 0.25) is 0 Å². The Morgan fingerprint density at radius 3 is 2.16 bits per heavy atom. The number of furan rings is 1. The molecule has 0 amide bonds. The van der Waals surface area contributed by atoms with E-state index < -0.39 is 0 Å². The third-order valence-corrected chi connectivity index (χ3v) is 12.1. The Balaban J connectivity index is 1.12. The van der Waals surface area contributed by atoms with Gasteiger partial charge < -0.3 is 4.42 Å². The van der Waals surface area contributed by atoms with Gasteiger partial charge >= 0.3 is 0 Å². The first-order valence-corrected chi connectivity index (χ1v) is 19.7. The molecule has 0 atom stereocenters. The maximum Gasteiger partial charge on any atom is 0.238 e. The zero-order valence-electron chi connectivity index (χ0n) is 30.2. The van der Waals surface area contributed by atoms with Crippen LogP contribution in [0, 0.1) is 0 Å². The zero-order chi connectivity index (χ0) is 36.5. The second kappa shape index (κ2) is 12.8. The molecule has 5 nitrogen and oxygen atoms in total. The molecule has 0 N–H and O–H groups in total. The minimum atomic E-state index is 0.580. The van der Waals surface area contributed by atoms with Gasteiger partial charge in [0.1, 0.15) is 11.2 Å². The average molecular weight is 727 g/mol. The van der Waals surface area contributed by atoms with Crippen molar-refractivity contribution in [3.05, 3.63) is 157 Å². The first kappa shape index (κ1) is 31.9. The van der Waals surface area contributed by atoms with Crippen molar-refractivity contribution in [2.45, 2.75) is 26.2 Å². The summed E-state index contributed by atoms with van der Waals surface area (Å²) in [7, 11) is 0. The van der Waals surface area contributed by atoms with E-state index in [1.54, 1.807) is 11.3 Å². The maximum atomic E-state index is 6.43. The van der Waals surface area contributed by atoms with Crippen molar-refractivity contribution in [2.75, 3.05) is 0 Å². The van der Waals surface area contributed by atoms with Crippen molar-refractivity contribution in [1.82, 2.24) is 19.5 Å². The summed E-state index contributed by atoms with van der Waals surface area (Å²) in [5.41, 5.74) is 9.37. The van der Waals surface area contributed by atoms with Crippen LogP contribution in [0.4, 0.5) is 0 Å². The number of fused-ring (bicyclic) bond motifs is 9. The van der Waals surface area contributed by atoms with Gasteiger partial charge in [-0.05, 0) is 78.1 Å². The van der Waals surface area contributed by atoms with Crippen LogP contribution < -0.4 is 0 Å². The molecule has 6 heteroatoms. The van der Waals surface area contributed by atoms with E-state index in [4.69, 9.17) is 19.4 Å². The van der Waals surface area contributed by atoms with Gasteiger partial charge in [0.25, 0.3) is 0 Å². The predicted molar refractivity (Wildman–Crippen MR) is 229 cm³/mol. The van der Waals surface area contributed by atoms with Crippen molar-refractivity contribution in [2.24, 2.45) is 0 Å². The van der Waals surface area contributed by atoms with Gasteiger partial charge in [0.05, 0.1) is 11.0 Å². The lowest BCUT2D eigenvalue weighted by molar-refractivity contribution is 0.668. The van der Waals surface area contributed by atoms with E-state index in [-0.39, 0.29) is 0 Å². The van der Waals surface area contributed by atoms with Gasteiger partial charge in [0.15, 0.2) is 11.6 Å². The third-order valence-electron chi connectivity index (χ3n) is 10.9. The number of aromatic nitrogens is 4. The van der Waals surface area contributed by atoms with Gasteiger partial charge in [-0.1, -0.05) is 116 Å². The minimum absolute atomic E-state index is 0.580. The molecule has 0 aliphatic carbocycles. The Bertz CT molecular complexity index is 3260. The molecule has 0 spiro atoms. The minimum Gasteiger partial charge on any atom is -0.456 e. The molecule has 262 valence electrons. The summed E-state index contributed by atoms with van der Waals surface area (Å²) in [6.07, 6.45) is 3.45. The normalized spacial score (nSPS) is 11.9. The molecule has 11 rings (SSSR count). The zero-order valence-corrected chi connectivity index (χ0v) is 31.0. The number of nitrogens with zero attached hydrogens (tertiary/aromatic N) is 4. The topological polar surface area (TPSA) is 56.7 Å². The lowest BCUT2D eigenvalue weighted by Gasteiger charge is -2.12. The van der Waals surface area contributed by atoms with E-state index in [9.17, 15) is 0 Å². The predicted octanol–water partition coefficient (Wildman–Crippen LogP) is 13.6. The van der Waals surface area contributed by atoms with Crippen LogP contribution in [0.15, 0.2) is 156 Å². The second-order valence-corrected chi connectivity index (χ2v) is 15.3. The Morgan fingerprint density at radius 1 is 0.527 bits per heavy atom. The SMILES string of the molecule is CCCCc1ccc2oc3cc(-c4ccc5c6ccccc6n(-c6nc(-c7ccccc7)nc(-c7cccc8c7sc7ccccc78)n6)c5c4)ccc3c2c1. The van der Waals surface area contributed by atoms with Crippen LogP contribution in [0.3, 0.4) is 0 Å². The number of hydrogen-bond donors (Lipinski definition) is 0. The Hall–Kier alpha value is -6.63. The van der Waals surface area contributed by atoms with E-state index in [0.29, 0.717) is 17.6 Å². The molecule has 4 aromatic heterocycles. The number of rotatable bonds is 7. The van der Waals surface area contributed by atoms with Crippen LogP contribution in [-0.2, 0) is 6.42 Å². The molecule has 0 bridgehead atoms. The average Bonchev–Trinajstić information content (AvgIpc) is 3.92. The first-order chi connectivity index (χ1) is 27.2. The van der Waals surface area contributed by atoms with E-state index in [2.05, 4.69) is 145 Å². The monoisotopic (exact) mass is 726 g/mol. The first-order valence-electron chi connectivity index (χ1n) is 18.9. The highest BCUT2D eigenvalue weighted by Gasteiger charge is 2.20. The van der Waals surface area contributed by atoms with E-state index in [0.717, 1.165) is 67.0 Å². The fraction of sp³-hybridized carbons (Fsp3) is 0.0816. The summed E-state index contributed by atoms with van der Waals surface area (Å²) in [5, 5.41) is 7.06. The largest absolute Gasteiger partial charge is 0.456 e. The number of para-hydroxylation sites is 1. The van der Waals surface area contributed by atoms with Crippen LogP contribution in [0.5, 0.6) is 0 Å². The number of thiophene rings is 1. The van der Waals surface area contributed by atoms with E-state index in [1.165, 1.54) is 44.0 Å². The fourth-order valence-electron chi connectivity index (χ4n) is 8.13. The van der Waals surface area contributed by atoms with E-state index >= 15 is 0 Å². The summed E-state index contributed by atoms with van der Waals surface area (Å²) in [6.45, 7) is 2.24. The van der Waals surface area contributed by atoms with Crippen molar-refractivity contribution < 1.29 is 4.42 Å². The Kier molecular flexibility index (Phi) is 7.39. The number of aryl methyl sites for hydroxylation is 1. The molecule has 7 aromatic carbocycles. The summed E-state index contributed by atoms with van der Waals surface area (Å²) >= 11 is 1.78. The highest BCUT2D eigenvalue weighted by atomic mass is 32.1. The molecule has 4 heterocycles. The molecular formula is C49H34N4OS. The number of hydrogen-bond acceptors (Lipinski definition) is 5. The van der Waals surface area contributed by atoms with Gasteiger partial charge in [-0.3, -0.25) is 4.57 Å². The van der Waals surface area contributed by atoms with Crippen LogP contribution >= 0.6 is 11.3 Å². The molecule has 11 aromatic rings. The fourth-order valence-corrected chi connectivity index (χ4v) is 9.34. The van der Waals surface area contributed by atoms with Gasteiger partial charge in [0, 0.05) is 52.8 Å². The summed E-state index contributed by atoms with van der Waals surface area (Å²) in [5.74, 6) is 1.86. The number of unbranched alkanes of at least 4 members (excludes halogenated alkanes) is 1. The molecule has 0 radical (unpaired) electrons. The third kappa shape index (κ3) is 5.24. The number of benzene rings is 7. The molecule has 0 fully saturated rings. The lowest BCUT2D eigenvalue weighted by atomic mass is 10.0. The molecular weight excluding hydrogens is 693 g/mol. The quantitative estimate of drug-likeness (QED) is 0.164. The van der Waals surface area contributed by atoms with Gasteiger partial charge in [-0.15, -0.1) is 11.3 Å². The second-order valence-electron chi connectivity index (χ2n) is 14.3. The summed E-state index contributed by atoms with van der Waals surface area (Å²) < 4.78 is 11.0. The van der Waals surface area contributed by atoms with Crippen LogP contribution in [0.25, 0.3) is 104 Å². The maximum absolute atomic E-state index is 6.43. The molecule has 0 aliphatic rings.